The second-order valence-electron chi connectivity index (χ2n) is 7.36. The van der Waals surface area contributed by atoms with Crippen molar-refractivity contribution in [2.24, 2.45) is 5.92 Å². The molecule has 1 amide bonds. The number of carbonyl (C=O) groups excluding carboxylic acids is 1. The first-order valence-electron chi connectivity index (χ1n) is 9.86. The topological polar surface area (TPSA) is 91.8 Å². The van der Waals surface area contributed by atoms with Crippen molar-refractivity contribution in [3.05, 3.63) is 41.2 Å². The number of halogens is 3. The Balaban J connectivity index is 1.59. The molecule has 3 rings (SSSR count). The lowest BCUT2D eigenvalue weighted by Crippen LogP contribution is -2.37. The Morgan fingerprint density at radius 3 is 2.60 bits per heavy atom. The number of nitrogens with zero attached hydrogens (tertiary/aromatic N) is 3. The standard InChI is InChI=1S/C20H25F3N6O/c1-12-26-18(24-2)29-19(27-12)28-15-8-5-7-13(10-15)17(30)25-11-14-6-3-4-9-16(14)20(21,22)23/h3-4,6,9,13,15H,5,7-8,10-11H2,1-2H3,(H,25,30)(H2,24,26,27,28,29)/t13-,15+/m1/s1. The van der Waals surface area contributed by atoms with Gasteiger partial charge in [-0.25, -0.2) is 0 Å². The predicted molar refractivity (Wildman–Crippen MR) is 107 cm³/mol. The summed E-state index contributed by atoms with van der Waals surface area (Å²) in [6.07, 6.45) is -1.50. The van der Waals surface area contributed by atoms with Crippen LogP contribution in [0.25, 0.3) is 0 Å². The van der Waals surface area contributed by atoms with E-state index in [1.54, 1.807) is 14.0 Å². The highest BCUT2D eigenvalue weighted by molar-refractivity contribution is 5.78. The lowest BCUT2D eigenvalue weighted by molar-refractivity contribution is -0.138. The number of aromatic nitrogens is 3. The summed E-state index contributed by atoms with van der Waals surface area (Å²) in [5.74, 6) is 0.961. The molecule has 0 aliphatic heterocycles. The quantitative estimate of drug-likeness (QED) is 0.660. The minimum Gasteiger partial charge on any atom is -0.357 e. The summed E-state index contributed by atoms with van der Waals surface area (Å²) in [6.45, 7) is 1.62. The van der Waals surface area contributed by atoms with E-state index >= 15 is 0 Å². The van der Waals surface area contributed by atoms with Crippen molar-refractivity contribution in [1.29, 1.82) is 0 Å². The van der Waals surface area contributed by atoms with E-state index in [0.717, 1.165) is 18.9 Å². The van der Waals surface area contributed by atoms with Crippen LogP contribution in [0.15, 0.2) is 24.3 Å². The number of anilines is 2. The van der Waals surface area contributed by atoms with Crippen LogP contribution in [0.3, 0.4) is 0 Å². The highest BCUT2D eigenvalue weighted by atomic mass is 19.4. The number of hydrogen-bond donors (Lipinski definition) is 3. The molecule has 1 saturated carbocycles. The molecular weight excluding hydrogens is 397 g/mol. The zero-order valence-corrected chi connectivity index (χ0v) is 16.9. The Bertz CT molecular complexity index is 889. The van der Waals surface area contributed by atoms with Gasteiger partial charge >= 0.3 is 6.18 Å². The monoisotopic (exact) mass is 422 g/mol. The normalized spacial score (nSPS) is 19.2. The fraction of sp³-hybridized carbons (Fsp3) is 0.500. The van der Waals surface area contributed by atoms with E-state index in [0.29, 0.717) is 30.6 Å². The molecule has 1 aliphatic carbocycles. The molecule has 162 valence electrons. The van der Waals surface area contributed by atoms with Gasteiger partial charge in [0.25, 0.3) is 0 Å². The Morgan fingerprint density at radius 2 is 1.87 bits per heavy atom. The van der Waals surface area contributed by atoms with Crippen molar-refractivity contribution in [3.8, 4) is 0 Å². The minimum absolute atomic E-state index is 0.00321. The fourth-order valence-electron chi connectivity index (χ4n) is 3.68. The van der Waals surface area contributed by atoms with Gasteiger partial charge in [0, 0.05) is 25.6 Å². The molecule has 2 aromatic rings. The van der Waals surface area contributed by atoms with Gasteiger partial charge in [-0.15, -0.1) is 0 Å². The van der Waals surface area contributed by atoms with Crippen LogP contribution in [-0.2, 0) is 17.5 Å². The van der Waals surface area contributed by atoms with Gasteiger partial charge in [-0.3, -0.25) is 4.79 Å². The van der Waals surface area contributed by atoms with Crippen LogP contribution in [0.2, 0.25) is 0 Å². The third-order valence-electron chi connectivity index (χ3n) is 5.12. The molecule has 1 aromatic carbocycles. The summed E-state index contributed by atoms with van der Waals surface area (Å²) in [7, 11) is 1.72. The Labute approximate surface area is 172 Å². The molecule has 30 heavy (non-hydrogen) atoms. The van der Waals surface area contributed by atoms with E-state index in [9.17, 15) is 18.0 Å². The second-order valence-corrected chi connectivity index (χ2v) is 7.36. The zero-order valence-electron chi connectivity index (χ0n) is 16.9. The van der Waals surface area contributed by atoms with E-state index in [4.69, 9.17) is 0 Å². The maximum absolute atomic E-state index is 13.1. The van der Waals surface area contributed by atoms with Gasteiger partial charge in [0.2, 0.25) is 17.8 Å². The van der Waals surface area contributed by atoms with Crippen LogP contribution >= 0.6 is 0 Å². The number of amides is 1. The van der Waals surface area contributed by atoms with Crippen LogP contribution < -0.4 is 16.0 Å². The molecule has 0 radical (unpaired) electrons. The molecule has 1 fully saturated rings. The number of rotatable bonds is 6. The number of hydrogen-bond acceptors (Lipinski definition) is 6. The van der Waals surface area contributed by atoms with Crippen LogP contribution in [0.1, 0.15) is 42.6 Å². The summed E-state index contributed by atoms with van der Waals surface area (Å²) >= 11 is 0. The Morgan fingerprint density at radius 1 is 1.13 bits per heavy atom. The third kappa shape index (κ3) is 5.58. The molecule has 10 heteroatoms. The first kappa shape index (κ1) is 21.8. The summed E-state index contributed by atoms with van der Waals surface area (Å²) in [5, 5.41) is 8.80. The molecule has 0 bridgehead atoms. The number of aryl methyl sites for hydroxylation is 1. The Kier molecular flexibility index (Phi) is 6.73. The van der Waals surface area contributed by atoms with Crippen molar-refractivity contribution in [2.75, 3.05) is 17.7 Å². The summed E-state index contributed by atoms with van der Waals surface area (Å²) in [5.41, 5.74) is -0.664. The van der Waals surface area contributed by atoms with Gasteiger partial charge < -0.3 is 16.0 Å². The van der Waals surface area contributed by atoms with Gasteiger partial charge in [0.15, 0.2) is 0 Å². The Hall–Kier alpha value is -2.91. The first-order valence-corrected chi connectivity index (χ1v) is 9.86. The molecule has 0 saturated heterocycles. The molecule has 0 unspecified atom stereocenters. The number of benzene rings is 1. The fourth-order valence-corrected chi connectivity index (χ4v) is 3.68. The predicted octanol–water partition coefficient (Wildman–Crippen LogP) is 3.53. The van der Waals surface area contributed by atoms with Crippen molar-refractivity contribution < 1.29 is 18.0 Å². The number of alkyl halides is 3. The maximum atomic E-state index is 13.1. The summed E-state index contributed by atoms with van der Waals surface area (Å²) in [6, 6.07) is 5.29. The van der Waals surface area contributed by atoms with Crippen LogP contribution in [0, 0.1) is 12.8 Å². The summed E-state index contributed by atoms with van der Waals surface area (Å²) < 4.78 is 39.4. The average molecular weight is 422 g/mol. The minimum atomic E-state index is -4.45. The van der Waals surface area contributed by atoms with E-state index in [1.165, 1.54) is 18.2 Å². The zero-order chi connectivity index (χ0) is 21.7. The van der Waals surface area contributed by atoms with Crippen molar-refractivity contribution in [3.63, 3.8) is 0 Å². The van der Waals surface area contributed by atoms with Crippen LogP contribution in [0.5, 0.6) is 0 Å². The van der Waals surface area contributed by atoms with Crippen LogP contribution in [0.4, 0.5) is 25.1 Å². The van der Waals surface area contributed by atoms with E-state index in [1.807, 2.05) is 0 Å². The highest BCUT2D eigenvalue weighted by Gasteiger charge is 2.33. The smallest absolute Gasteiger partial charge is 0.357 e. The molecule has 3 N–H and O–H groups in total. The lowest BCUT2D eigenvalue weighted by Gasteiger charge is -2.29. The lowest BCUT2D eigenvalue weighted by atomic mass is 9.85. The molecule has 1 aromatic heterocycles. The molecule has 7 nitrogen and oxygen atoms in total. The largest absolute Gasteiger partial charge is 0.416 e. The number of nitrogens with one attached hydrogen (secondary N) is 3. The molecule has 1 aliphatic rings. The second kappa shape index (κ2) is 9.27. The van der Waals surface area contributed by atoms with Crippen molar-refractivity contribution in [2.45, 2.75) is 51.4 Å². The third-order valence-corrected chi connectivity index (χ3v) is 5.12. The SMILES string of the molecule is CNc1nc(C)nc(N[C@H]2CCC[C@@H](C(=O)NCc3ccccc3C(F)(F)F)C2)n1. The highest BCUT2D eigenvalue weighted by Crippen LogP contribution is 2.32. The van der Waals surface area contributed by atoms with E-state index in [2.05, 4.69) is 30.9 Å². The van der Waals surface area contributed by atoms with Gasteiger partial charge in [0.1, 0.15) is 5.82 Å². The van der Waals surface area contributed by atoms with Gasteiger partial charge in [-0.1, -0.05) is 24.6 Å². The molecular formula is C20H25F3N6O. The maximum Gasteiger partial charge on any atom is 0.416 e. The van der Waals surface area contributed by atoms with E-state index < -0.39 is 11.7 Å². The number of carbonyl (C=O) groups is 1. The van der Waals surface area contributed by atoms with E-state index in [-0.39, 0.29) is 30.0 Å². The van der Waals surface area contributed by atoms with Gasteiger partial charge in [-0.05, 0) is 37.8 Å². The van der Waals surface area contributed by atoms with Crippen molar-refractivity contribution in [1.82, 2.24) is 20.3 Å². The van der Waals surface area contributed by atoms with Gasteiger partial charge in [0.05, 0.1) is 5.56 Å². The summed E-state index contributed by atoms with van der Waals surface area (Å²) in [4.78, 5) is 25.3. The van der Waals surface area contributed by atoms with Crippen molar-refractivity contribution >= 4 is 17.8 Å². The average Bonchev–Trinajstić information content (AvgIpc) is 2.71. The van der Waals surface area contributed by atoms with Crippen LogP contribution in [-0.4, -0.2) is 33.9 Å². The molecule has 2 atom stereocenters. The molecule has 1 heterocycles. The molecule has 0 spiro atoms. The first-order chi connectivity index (χ1) is 14.3. The van der Waals surface area contributed by atoms with Gasteiger partial charge in [-0.2, -0.15) is 28.1 Å².